The maximum atomic E-state index is 12.8. The number of hydrogen-bond acceptors (Lipinski definition) is 6. The second-order valence-electron chi connectivity index (χ2n) is 19.5. The fourth-order valence-corrected chi connectivity index (χ4v) is 8.29. The first kappa shape index (κ1) is 65.8. The lowest BCUT2D eigenvalue weighted by Crippen LogP contribution is -2.30. The van der Waals surface area contributed by atoms with E-state index in [2.05, 4.69) is 93.7 Å². The quantitative estimate of drug-likeness (QED) is 0.0262. The zero-order valence-electron chi connectivity index (χ0n) is 45.6. The van der Waals surface area contributed by atoms with E-state index in [1.54, 1.807) is 0 Å². The van der Waals surface area contributed by atoms with E-state index in [1.165, 1.54) is 141 Å². The molecule has 0 aliphatic heterocycles. The van der Waals surface area contributed by atoms with Crippen molar-refractivity contribution in [2.75, 3.05) is 13.2 Å². The summed E-state index contributed by atoms with van der Waals surface area (Å²) in [5.74, 6) is -0.939. The molecule has 0 fully saturated rings. The highest BCUT2D eigenvalue weighted by atomic mass is 16.6. The van der Waals surface area contributed by atoms with E-state index in [0.717, 1.165) is 109 Å². The van der Waals surface area contributed by atoms with Gasteiger partial charge in [-0.15, -0.1) is 0 Å². The maximum absolute atomic E-state index is 12.8. The first-order valence-corrected chi connectivity index (χ1v) is 29.4. The molecule has 0 heterocycles. The van der Waals surface area contributed by atoms with Crippen LogP contribution in [0.15, 0.2) is 72.9 Å². The Labute approximate surface area is 427 Å². The van der Waals surface area contributed by atoms with Gasteiger partial charge in [0.1, 0.15) is 13.2 Å². The number of carbonyl (C=O) groups excluding carboxylic acids is 3. The lowest BCUT2D eigenvalue weighted by Gasteiger charge is -2.18. The van der Waals surface area contributed by atoms with Gasteiger partial charge in [-0.3, -0.25) is 14.4 Å². The van der Waals surface area contributed by atoms with Gasteiger partial charge in [-0.1, -0.05) is 254 Å². The molecule has 398 valence electrons. The average Bonchev–Trinajstić information content (AvgIpc) is 3.35. The third-order valence-electron chi connectivity index (χ3n) is 12.7. The Bertz CT molecular complexity index is 1290. The molecule has 0 aliphatic carbocycles. The Balaban J connectivity index is 4.38. The highest BCUT2D eigenvalue weighted by Crippen LogP contribution is 2.16. The predicted molar refractivity (Wildman–Crippen MR) is 298 cm³/mol. The van der Waals surface area contributed by atoms with Crippen molar-refractivity contribution < 1.29 is 28.6 Å². The Morgan fingerprint density at radius 3 is 0.942 bits per heavy atom. The summed E-state index contributed by atoms with van der Waals surface area (Å²) in [4.78, 5) is 38.2. The van der Waals surface area contributed by atoms with Crippen LogP contribution in [-0.4, -0.2) is 37.2 Å². The van der Waals surface area contributed by atoms with Crippen LogP contribution in [0.3, 0.4) is 0 Å². The van der Waals surface area contributed by atoms with Crippen molar-refractivity contribution in [3.05, 3.63) is 72.9 Å². The van der Waals surface area contributed by atoms with Crippen LogP contribution in [-0.2, 0) is 28.6 Å². The first-order valence-electron chi connectivity index (χ1n) is 29.4. The van der Waals surface area contributed by atoms with Crippen molar-refractivity contribution >= 4 is 17.9 Å². The van der Waals surface area contributed by atoms with Gasteiger partial charge in [0.2, 0.25) is 0 Å². The summed E-state index contributed by atoms with van der Waals surface area (Å²) in [7, 11) is 0. The highest BCUT2D eigenvalue weighted by molar-refractivity contribution is 5.71. The van der Waals surface area contributed by atoms with Crippen LogP contribution in [0.4, 0.5) is 0 Å². The SMILES string of the molecule is CC/C=C\C/C=C\C/C=C\CCCCCCCC(=O)O[C@H](COC(=O)CCCC/C=C\C/C=C\C/C=C\CCCCC)COC(=O)CCCCCCCCCCCCCCCCCCCCCCC. The van der Waals surface area contributed by atoms with Gasteiger partial charge in [0.25, 0.3) is 0 Å². The minimum absolute atomic E-state index is 0.0925. The standard InChI is InChI=1S/C63H110O6/c1-4-7-10-13-16-19-22-25-28-29-30-31-32-33-36-38-41-44-47-50-53-56-62(65)68-59-60(69-63(66)57-54-51-48-45-42-39-35-27-24-21-18-15-12-9-6-3)58-67-61(64)55-52-49-46-43-40-37-34-26-23-20-17-14-11-8-5-2/h9,12,17-18,20-21,26-27,34-35,40,43,60H,4-8,10-11,13-16,19,22-25,28-33,36-39,41-42,44-59H2,1-3H3/b12-9-,20-17-,21-18-,34-26-,35-27-,43-40-/t60-/m1/s1. The monoisotopic (exact) mass is 963 g/mol. The van der Waals surface area contributed by atoms with Crippen molar-refractivity contribution in [1.82, 2.24) is 0 Å². The van der Waals surface area contributed by atoms with Gasteiger partial charge in [0, 0.05) is 19.3 Å². The van der Waals surface area contributed by atoms with E-state index in [-0.39, 0.29) is 31.1 Å². The van der Waals surface area contributed by atoms with Gasteiger partial charge in [-0.2, -0.15) is 0 Å². The van der Waals surface area contributed by atoms with Crippen LogP contribution < -0.4 is 0 Å². The number of allylic oxidation sites excluding steroid dienone is 12. The maximum Gasteiger partial charge on any atom is 0.306 e. The van der Waals surface area contributed by atoms with Crippen LogP contribution in [0, 0.1) is 0 Å². The Kier molecular flexibility index (Phi) is 54.8. The minimum atomic E-state index is -0.799. The number of ether oxygens (including phenoxy) is 3. The number of esters is 3. The molecule has 69 heavy (non-hydrogen) atoms. The van der Waals surface area contributed by atoms with Gasteiger partial charge >= 0.3 is 17.9 Å². The molecule has 0 bridgehead atoms. The number of hydrogen-bond donors (Lipinski definition) is 0. The van der Waals surface area contributed by atoms with Crippen LogP contribution in [0.1, 0.15) is 290 Å². The predicted octanol–water partition coefficient (Wildman–Crippen LogP) is 19.8. The Morgan fingerprint density at radius 2 is 0.565 bits per heavy atom. The molecule has 0 radical (unpaired) electrons. The number of carbonyl (C=O) groups is 3. The summed E-state index contributed by atoms with van der Waals surface area (Å²) in [6.07, 6.45) is 73.3. The molecule has 0 saturated carbocycles. The van der Waals surface area contributed by atoms with Crippen molar-refractivity contribution in [2.24, 2.45) is 0 Å². The van der Waals surface area contributed by atoms with E-state index in [0.29, 0.717) is 19.3 Å². The normalized spacial score (nSPS) is 12.6. The fourth-order valence-electron chi connectivity index (χ4n) is 8.29. The second kappa shape index (κ2) is 57.4. The summed E-state index contributed by atoms with van der Waals surface area (Å²) in [6, 6.07) is 0. The molecule has 0 spiro atoms. The fraction of sp³-hybridized carbons (Fsp3) is 0.762. The second-order valence-corrected chi connectivity index (χ2v) is 19.5. The number of rotatable bonds is 53. The molecule has 1 atom stereocenters. The van der Waals surface area contributed by atoms with Gasteiger partial charge in [-0.25, -0.2) is 0 Å². The van der Waals surface area contributed by atoms with Crippen LogP contribution >= 0.6 is 0 Å². The molecule has 0 aromatic rings. The van der Waals surface area contributed by atoms with Gasteiger partial charge in [0.05, 0.1) is 0 Å². The third-order valence-corrected chi connectivity index (χ3v) is 12.7. The third kappa shape index (κ3) is 55.6. The topological polar surface area (TPSA) is 78.9 Å². The van der Waals surface area contributed by atoms with Crippen molar-refractivity contribution in [3.63, 3.8) is 0 Å². The molecule has 0 saturated heterocycles. The van der Waals surface area contributed by atoms with E-state index in [4.69, 9.17) is 14.2 Å². The minimum Gasteiger partial charge on any atom is -0.462 e. The summed E-state index contributed by atoms with van der Waals surface area (Å²) in [6.45, 7) is 6.48. The first-order chi connectivity index (χ1) is 34.0. The molecule has 6 nitrogen and oxygen atoms in total. The molecule has 0 aromatic heterocycles. The number of unbranched alkanes of at least 4 members (excludes halogenated alkanes) is 30. The van der Waals surface area contributed by atoms with E-state index >= 15 is 0 Å². The average molecular weight is 964 g/mol. The molecule has 0 aliphatic rings. The summed E-state index contributed by atoms with van der Waals surface area (Å²) in [5.41, 5.74) is 0. The molecular weight excluding hydrogens is 853 g/mol. The largest absolute Gasteiger partial charge is 0.462 e. The highest BCUT2D eigenvalue weighted by Gasteiger charge is 2.19. The van der Waals surface area contributed by atoms with Gasteiger partial charge in [-0.05, 0) is 89.9 Å². The summed E-state index contributed by atoms with van der Waals surface area (Å²) < 4.78 is 16.8. The van der Waals surface area contributed by atoms with Crippen molar-refractivity contribution in [1.29, 1.82) is 0 Å². The zero-order chi connectivity index (χ0) is 50.0. The van der Waals surface area contributed by atoms with Crippen LogP contribution in [0.25, 0.3) is 0 Å². The van der Waals surface area contributed by atoms with E-state index < -0.39 is 6.10 Å². The Hall–Kier alpha value is -3.15. The molecule has 0 unspecified atom stereocenters. The Morgan fingerprint density at radius 1 is 0.304 bits per heavy atom. The smallest absolute Gasteiger partial charge is 0.306 e. The van der Waals surface area contributed by atoms with E-state index in [9.17, 15) is 14.4 Å². The van der Waals surface area contributed by atoms with Gasteiger partial charge < -0.3 is 14.2 Å². The summed E-state index contributed by atoms with van der Waals surface area (Å²) >= 11 is 0. The van der Waals surface area contributed by atoms with Crippen LogP contribution in [0.2, 0.25) is 0 Å². The van der Waals surface area contributed by atoms with Crippen molar-refractivity contribution in [2.45, 2.75) is 297 Å². The molecule has 0 aromatic carbocycles. The van der Waals surface area contributed by atoms with E-state index in [1.807, 2.05) is 0 Å². The van der Waals surface area contributed by atoms with Crippen LogP contribution in [0.5, 0.6) is 0 Å². The zero-order valence-corrected chi connectivity index (χ0v) is 45.6. The molecule has 6 heteroatoms. The van der Waals surface area contributed by atoms with Crippen molar-refractivity contribution in [3.8, 4) is 0 Å². The lowest BCUT2D eigenvalue weighted by atomic mass is 10.0. The molecule has 0 N–H and O–H groups in total. The molecule has 0 rings (SSSR count). The molecular formula is C63H110O6. The van der Waals surface area contributed by atoms with Gasteiger partial charge in [0.15, 0.2) is 6.10 Å². The lowest BCUT2D eigenvalue weighted by molar-refractivity contribution is -0.167. The molecule has 0 amide bonds. The summed E-state index contributed by atoms with van der Waals surface area (Å²) in [5, 5.41) is 0.